The van der Waals surface area contributed by atoms with Gasteiger partial charge in [0.15, 0.2) is 5.82 Å². The van der Waals surface area contributed by atoms with Crippen LogP contribution in [0.3, 0.4) is 0 Å². The Morgan fingerprint density at radius 2 is 2.25 bits per heavy atom. The molecule has 0 bridgehead atoms. The average Bonchev–Trinajstić information content (AvgIpc) is 2.84. The van der Waals surface area contributed by atoms with E-state index >= 15 is 0 Å². The van der Waals surface area contributed by atoms with Crippen LogP contribution in [0.5, 0.6) is 0 Å². The molecular formula is C11H15N5O2S2. The fourth-order valence-electron chi connectivity index (χ4n) is 1.60. The standard InChI is InChI=1S/C11H15N5O2S2/c1-8-7-19-10(15-8)4-6-14-20(17,18)9-3-2-5-13-11(9)16-12/h2-3,5,7,14H,4,6,12H2,1H3,(H,13,16). The molecule has 0 spiro atoms. The molecule has 0 aliphatic carbocycles. The molecule has 0 fully saturated rings. The molecule has 2 heterocycles. The lowest BCUT2D eigenvalue weighted by Gasteiger charge is -2.09. The molecule has 0 unspecified atom stereocenters. The lowest BCUT2D eigenvalue weighted by molar-refractivity contribution is 0.581. The van der Waals surface area contributed by atoms with Crippen molar-refractivity contribution in [1.29, 1.82) is 0 Å². The van der Waals surface area contributed by atoms with Gasteiger partial charge in [-0.15, -0.1) is 11.3 Å². The summed E-state index contributed by atoms with van der Waals surface area (Å²) in [6.07, 6.45) is 2.01. The zero-order valence-corrected chi connectivity index (χ0v) is 12.5. The number of nitrogens with two attached hydrogens (primary N) is 1. The predicted octanol–water partition coefficient (Wildman–Crippen LogP) is 0.653. The van der Waals surface area contributed by atoms with Crippen molar-refractivity contribution in [1.82, 2.24) is 14.7 Å². The van der Waals surface area contributed by atoms with E-state index in [1.807, 2.05) is 12.3 Å². The molecule has 0 amide bonds. The van der Waals surface area contributed by atoms with Crippen LogP contribution < -0.4 is 16.0 Å². The molecule has 9 heteroatoms. The Morgan fingerprint density at radius 1 is 1.45 bits per heavy atom. The molecule has 0 saturated carbocycles. The molecule has 0 saturated heterocycles. The van der Waals surface area contributed by atoms with Crippen molar-refractivity contribution in [3.05, 3.63) is 34.4 Å². The molecule has 2 rings (SSSR count). The molecule has 4 N–H and O–H groups in total. The highest BCUT2D eigenvalue weighted by molar-refractivity contribution is 7.89. The maximum atomic E-state index is 12.1. The van der Waals surface area contributed by atoms with E-state index < -0.39 is 10.0 Å². The number of aromatic nitrogens is 2. The van der Waals surface area contributed by atoms with Gasteiger partial charge in [-0.2, -0.15) is 0 Å². The minimum atomic E-state index is -3.64. The smallest absolute Gasteiger partial charge is 0.244 e. The minimum Gasteiger partial charge on any atom is -0.307 e. The number of hydrogen-bond acceptors (Lipinski definition) is 7. The maximum Gasteiger partial charge on any atom is 0.244 e. The second-order valence-corrected chi connectivity index (χ2v) is 6.70. The van der Waals surface area contributed by atoms with Crippen molar-refractivity contribution in [3.63, 3.8) is 0 Å². The first-order valence-electron chi connectivity index (χ1n) is 5.85. The van der Waals surface area contributed by atoms with Crippen molar-refractivity contribution in [3.8, 4) is 0 Å². The number of nitrogens with one attached hydrogen (secondary N) is 2. The van der Waals surface area contributed by atoms with Gasteiger partial charge in [0, 0.05) is 30.2 Å². The van der Waals surface area contributed by atoms with Gasteiger partial charge in [0.2, 0.25) is 10.0 Å². The Hall–Kier alpha value is -1.55. The van der Waals surface area contributed by atoms with E-state index in [2.05, 4.69) is 20.1 Å². The van der Waals surface area contributed by atoms with Crippen LogP contribution in [-0.4, -0.2) is 24.9 Å². The number of anilines is 1. The average molecular weight is 313 g/mol. The Morgan fingerprint density at radius 3 is 2.90 bits per heavy atom. The number of rotatable bonds is 6. The van der Waals surface area contributed by atoms with E-state index in [4.69, 9.17) is 5.84 Å². The van der Waals surface area contributed by atoms with Gasteiger partial charge in [0.25, 0.3) is 0 Å². The normalized spacial score (nSPS) is 11.5. The minimum absolute atomic E-state index is 0.0258. The summed E-state index contributed by atoms with van der Waals surface area (Å²) in [7, 11) is -3.64. The SMILES string of the molecule is Cc1csc(CCNS(=O)(=O)c2cccnc2NN)n1. The molecule has 20 heavy (non-hydrogen) atoms. The van der Waals surface area contributed by atoms with Crippen LogP contribution in [0.4, 0.5) is 5.82 Å². The summed E-state index contributed by atoms with van der Waals surface area (Å²) in [6, 6.07) is 2.98. The van der Waals surface area contributed by atoms with Crippen LogP contribution in [0.2, 0.25) is 0 Å². The van der Waals surface area contributed by atoms with Crippen molar-refractivity contribution < 1.29 is 8.42 Å². The third-order valence-corrected chi connectivity index (χ3v) is 5.01. The van der Waals surface area contributed by atoms with E-state index in [1.54, 1.807) is 6.07 Å². The lowest BCUT2D eigenvalue weighted by Crippen LogP contribution is -2.27. The van der Waals surface area contributed by atoms with Crippen LogP contribution >= 0.6 is 11.3 Å². The molecule has 2 aromatic rings. The van der Waals surface area contributed by atoms with Crippen molar-refractivity contribution in [2.75, 3.05) is 12.0 Å². The first-order chi connectivity index (χ1) is 9.53. The Bertz CT molecular complexity index is 684. The van der Waals surface area contributed by atoms with Crippen LogP contribution in [-0.2, 0) is 16.4 Å². The highest BCUT2D eigenvalue weighted by Crippen LogP contribution is 2.16. The van der Waals surface area contributed by atoms with Gasteiger partial charge >= 0.3 is 0 Å². The molecule has 0 aliphatic heterocycles. The van der Waals surface area contributed by atoms with Crippen molar-refractivity contribution in [2.45, 2.75) is 18.2 Å². The first kappa shape index (κ1) is 14.9. The van der Waals surface area contributed by atoms with Gasteiger partial charge in [-0.25, -0.2) is 29.0 Å². The fraction of sp³-hybridized carbons (Fsp3) is 0.273. The summed E-state index contributed by atoms with van der Waals surface area (Å²) in [6.45, 7) is 2.17. The third-order valence-electron chi connectivity index (χ3n) is 2.49. The molecule has 0 aromatic carbocycles. The summed E-state index contributed by atoms with van der Waals surface area (Å²) < 4.78 is 26.8. The van der Waals surface area contributed by atoms with E-state index in [9.17, 15) is 8.42 Å². The van der Waals surface area contributed by atoms with E-state index in [0.717, 1.165) is 10.7 Å². The largest absolute Gasteiger partial charge is 0.307 e. The molecule has 7 nitrogen and oxygen atoms in total. The molecule has 0 aliphatic rings. The molecule has 0 radical (unpaired) electrons. The number of aryl methyl sites for hydroxylation is 1. The Kier molecular flexibility index (Phi) is 4.65. The summed E-state index contributed by atoms with van der Waals surface area (Å²) >= 11 is 1.51. The molecule has 2 aromatic heterocycles. The number of hydrogen-bond donors (Lipinski definition) is 3. The predicted molar refractivity (Wildman–Crippen MR) is 77.8 cm³/mol. The summed E-state index contributed by atoms with van der Waals surface area (Å²) in [4.78, 5) is 8.17. The van der Waals surface area contributed by atoms with E-state index in [0.29, 0.717) is 6.42 Å². The van der Waals surface area contributed by atoms with Gasteiger partial charge in [0.05, 0.1) is 5.01 Å². The van der Waals surface area contributed by atoms with E-state index in [1.165, 1.54) is 23.6 Å². The van der Waals surface area contributed by atoms with Crippen molar-refractivity contribution >= 4 is 27.2 Å². The van der Waals surface area contributed by atoms with Gasteiger partial charge in [0.1, 0.15) is 4.90 Å². The zero-order valence-electron chi connectivity index (χ0n) is 10.8. The first-order valence-corrected chi connectivity index (χ1v) is 8.21. The summed E-state index contributed by atoms with van der Waals surface area (Å²) in [5.41, 5.74) is 3.21. The Balaban J connectivity index is 2.04. The maximum absolute atomic E-state index is 12.1. The third kappa shape index (κ3) is 3.51. The van der Waals surface area contributed by atoms with Crippen LogP contribution in [0.1, 0.15) is 10.7 Å². The second-order valence-electron chi connectivity index (χ2n) is 4.02. The highest BCUT2D eigenvalue weighted by Gasteiger charge is 2.18. The highest BCUT2D eigenvalue weighted by atomic mass is 32.2. The van der Waals surface area contributed by atoms with Crippen LogP contribution in [0.15, 0.2) is 28.6 Å². The fourth-order valence-corrected chi connectivity index (χ4v) is 3.53. The van der Waals surface area contributed by atoms with Gasteiger partial charge in [-0.05, 0) is 19.1 Å². The van der Waals surface area contributed by atoms with Gasteiger partial charge in [-0.1, -0.05) is 0 Å². The van der Waals surface area contributed by atoms with Gasteiger partial charge in [-0.3, -0.25) is 0 Å². The monoisotopic (exact) mass is 313 g/mol. The number of sulfonamides is 1. The lowest BCUT2D eigenvalue weighted by atomic mass is 10.4. The summed E-state index contributed by atoms with van der Waals surface area (Å²) in [5.74, 6) is 5.37. The van der Waals surface area contributed by atoms with Crippen LogP contribution in [0, 0.1) is 6.92 Å². The van der Waals surface area contributed by atoms with E-state index in [-0.39, 0.29) is 17.3 Å². The molecule has 0 atom stereocenters. The van der Waals surface area contributed by atoms with Gasteiger partial charge < -0.3 is 5.43 Å². The topological polar surface area (TPSA) is 110 Å². The number of nitrogens with zero attached hydrogens (tertiary/aromatic N) is 2. The molecular weight excluding hydrogens is 298 g/mol. The van der Waals surface area contributed by atoms with Crippen LogP contribution in [0.25, 0.3) is 0 Å². The number of nitrogen functional groups attached to an aromatic ring is 1. The van der Waals surface area contributed by atoms with Crippen molar-refractivity contribution in [2.24, 2.45) is 5.84 Å². The summed E-state index contributed by atoms with van der Waals surface area (Å²) in [5, 5.41) is 2.83. The second kappa shape index (κ2) is 6.27. The number of hydrazine groups is 1. The molecule has 108 valence electrons. The number of thiazole rings is 1. The quantitative estimate of drug-likeness (QED) is 0.533. The zero-order chi connectivity index (χ0) is 14.6. The number of pyridine rings is 1. The Labute approximate surface area is 121 Å².